The quantitative estimate of drug-likeness (QED) is 0.693. The normalized spacial score (nSPS) is 10.8. The molecule has 5 nitrogen and oxygen atoms in total. The van der Waals surface area contributed by atoms with Crippen molar-refractivity contribution >= 4 is 17.0 Å². The molecule has 0 aliphatic heterocycles. The molecule has 21 heavy (non-hydrogen) atoms. The van der Waals surface area contributed by atoms with Gasteiger partial charge in [0.05, 0.1) is 24.3 Å². The first-order chi connectivity index (χ1) is 10.2. The van der Waals surface area contributed by atoms with Crippen LogP contribution in [0, 0.1) is 5.82 Å². The number of rotatable bonds is 3. The summed E-state index contributed by atoms with van der Waals surface area (Å²) in [6.07, 6.45) is 3.25. The molecular weight excluding hydrogens is 273 g/mol. The van der Waals surface area contributed by atoms with Crippen LogP contribution >= 0.6 is 0 Å². The van der Waals surface area contributed by atoms with Crippen LogP contribution in [0.3, 0.4) is 0 Å². The lowest BCUT2D eigenvalue weighted by Crippen LogP contribution is -2.12. The second-order valence-corrected chi connectivity index (χ2v) is 4.50. The van der Waals surface area contributed by atoms with Crippen molar-refractivity contribution in [1.82, 2.24) is 14.5 Å². The van der Waals surface area contributed by atoms with E-state index >= 15 is 0 Å². The van der Waals surface area contributed by atoms with Crippen LogP contribution in [-0.4, -0.2) is 27.6 Å². The maximum Gasteiger partial charge on any atom is 0.374 e. The molecule has 6 heteroatoms. The number of carbonyl (C=O) groups is 1. The predicted molar refractivity (Wildman–Crippen MR) is 74.4 cm³/mol. The van der Waals surface area contributed by atoms with E-state index in [1.807, 2.05) is 0 Å². The second-order valence-electron chi connectivity index (χ2n) is 4.50. The number of ether oxygens (including phenoxy) is 1. The lowest BCUT2D eigenvalue weighted by Gasteiger charge is -2.08. The minimum absolute atomic E-state index is 0.199. The summed E-state index contributed by atoms with van der Waals surface area (Å²) < 4.78 is 19.4. The third kappa shape index (κ3) is 2.47. The van der Waals surface area contributed by atoms with E-state index < -0.39 is 5.97 Å². The van der Waals surface area contributed by atoms with Crippen molar-refractivity contribution in [3.8, 4) is 0 Å². The highest BCUT2D eigenvalue weighted by Crippen LogP contribution is 2.18. The number of carbonyl (C=O) groups excluding carboxylic acids is 1. The monoisotopic (exact) mass is 285 g/mol. The number of esters is 1. The van der Waals surface area contributed by atoms with E-state index in [-0.39, 0.29) is 11.6 Å². The standard InChI is InChI=1S/C15H12FN3O2/c1-21-15(20)14-18-12-6-7-17-8-13(12)19(14)9-10-2-4-11(16)5-3-10/h2-8H,9H2,1H3. The lowest BCUT2D eigenvalue weighted by atomic mass is 10.2. The molecule has 0 N–H and O–H groups in total. The van der Waals surface area contributed by atoms with Crippen LogP contribution in [0.25, 0.3) is 11.0 Å². The summed E-state index contributed by atoms with van der Waals surface area (Å²) in [5, 5.41) is 0. The van der Waals surface area contributed by atoms with Crippen LogP contribution in [0.4, 0.5) is 4.39 Å². The Bertz CT molecular complexity index is 796. The third-order valence-corrected chi connectivity index (χ3v) is 3.17. The fourth-order valence-corrected chi connectivity index (χ4v) is 2.15. The molecule has 3 rings (SSSR count). The van der Waals surface area contributed by atoms with Crippen LogP contribution in [0.15, 0.2) is 42.7 Å². The maximum atomic E-state index is 13.0. The Kier molecular flexibility index (Phi) is 3.35. The third-order valence-electron chi connectivity index (χ3n) is 3.17. The average Bonchev–Trinajstić information content (AvgIpc) is 2.88. The Hall–Kier alpha value is -2.76. The average molecular weight is 285 g/mol. The Morgan fingerprint density at radius 2 is 2.05 bits per heavy atom. The highest BCUT2D eigenvalue weighted by Gasteiger charge is 2.18. The van der Waals surface area contributed by atoms with Gasteiger partial charge in [-0.3, -0.25) is 4.98 Å². The van der Waals surface area contributed by atoms with E-state index in [2.05, 4.69) is 9.97 Å². The smallest absolute Gasteiger partial charge is 0.374 e. The van der Waals surface area contributed by atoms with Crippen LogP contribution < -0.4 is 0 Å². The molecule has 0 radical (unpaired) electrons. The molecule has 1 aromatic carbocycles. The fraction of sp³-hybridized carbons (Fsp3) is 0.133. The van der Waals surface area contributed by atoms with Gasteiger partial charge in [0, 0.05) is 12.7 Å². The second kappa shape index (κ2) is 5.32. The lowest BCUT2D eigenvalue weighted by molar-refractivity contribution is 0.0582. The SMILES string of the molecule is COC(=O)c1nc2ccncc2n1Cc1ccc(F)cc1. The Morgan fingerprint density at radius 1 is 1.29 bits per heavy atom. The van der Waals surface area contributed by atoms with Gasteiger partial charge in [-0.1, -0.05) is 12.1 Å². The van der Waals surface area contributed by atoms with Gasteiger partial charge in [-0.2, -0.15) is 0 Å². The van der Waals surface area contributed by atoms with Crippen molar-refractivity contribution in [2.45, 2.75) is 6.54 Å². The Balaban J connectivity index is 2.10. The number of pyridine rings is 1. The van der Waals surface area contributed by atoms with Crippen molar-refractivity contribution in [1.29, 1.82) is 0 Å². The Labute approximate surface area is 120 Å². The number of methoxy groups -OCH3 is 1. The number of hydrogen-bond acceptors (Lipinski definition) is 4. The molecule has 0 unspecified atom stereocenters. The van der Waals surface area contributed by atoms with Gasteiger partial charge in [-0.05, 0) is 23.8 Å². The first kappa shape index (κ1) is 13.2. The van der Waals surface area contributed by atoms with Crippen LogP contribution in [0.5, 0.6) is 0 Å². The van der Waals surface area contributed by atoms with Gasteiger partial charge in [0.1, 0.15) is 5.82 Å². The van der Waals surface area contributed by atoms with Gasteiger partial charge < -0.3 is 9.30 Å². The van der Waals surface area contributed by atoms with E-state index in [4.69, 9.17) is 4.74 Å². The summed E-state index contributed by atoms with van der Waals surface area (Å²) in [6, 6.07) is 7.81. The van der Waals surface area contributed by atoms with Gasteiger partial charge in [-0.25, -0.2) is 14.2 Å². The highest BCUT2D eigenvalue weighted by molar-refractivity contribution is 5.90. The van der Waals surface area contributed by atoms with Crippen molar-refractivity contribution in [3.05, 3.63) is 59.9 Å². The molecule has 0 amide bonds. The van der Waals surface area contributed by atoms with E-state index in [1.54, 1.807) is 35.2 Å². The molecule has 0 aliphatic rings. The summed E-state index contributed by atoms with van der Waals surface area (Å²) in [6.45, 7) is 0.382. The zero-order valence-electron chi connectivity index (χ0n) is 11.3. The zero-order valence-corrected chi connectivity index (χ0v) is 11.3. The van der Waals surface area contributed by atoms with Gasteiger partial charge >= 0.3 is 5.97 Å². The van der Waals surface area contributed by atoms with Crippen molar-refractivity contribution < 1.29 is 13.9 Å². The van der Waals surface area contributed by atoms with Crippen molar-refractivity contribution in [2.24, 2.45) is 0 Å². The van der Waals surface area contributed by atoms with E-state index in [0.29, 0.717) is 12.1 Å². The molecule has 0 saturated heterocycles. The summed E-state index contributed by atoms with van der Waals surface area (Å²) in [7, 11) is 1.31. The summed E-state index contributed by atoms with van der Waals surface area (Å²) >= 11 is 0. The largest absolute Gasteiger partial charge is 0.463 e. The van der Waals surface area contributed by atoms with Crippen LogP contribution in [0.1, 0.15) is 16.2 Å². The fourth-order valence-electron chi connectivity index (χ4n) is 2.15. The molecule has 0 bridgehead atoms. The molecule has 3 aromatic rings. The summed E-state index contributed by atoms with van der Waals surface area (Å²) in [5.74, 6) is -0.623. The molecule has 0 spiro atoms. The number of benzene rings is 1. The first-order valence-electron chi connectivity index (χ1n) is 6.32. The molecule has 0 aliphatic carbocycles. The van der Waals surface area contributed by atoms with Gasteiger partial charge in [0.2, 0.25) is 5.82 Å². The topological polar surface area (TPSA) is 57.0 Å². The molecular formula is C15H12FN3O2. The number of halogens is 1. The van der Waals surface area contributed by atoms with E-state index in [0.717, 1.165) is 11.1 Å². The molecule has 2 heterocycles. The van der Waals surface area contributed by atoms with Crippen molar-refractivity contribution in [2.75, 3.05) is 7.11 Å². The predicted octanol–water partition coefficient (Wildman–Crippen LogP) is 2.41. The molecule has 0 fully saturated rings. The number of hydrogen-bond donors (Lipinski definition) is 0. The highest BCUT2D eigenvalue weighted by atomic mass is 19.1. The maximum absolute atomic E-state index is 13.0. The summed E-state index contributed by atoms with van der Waals surface area (Å²) in [4.78, 5) is 20.2. The number of fused-ring (bicyclic) bond motifs is 1. The zero-order chi connectivity index (χ0) is 14.8. The van der Waals surface area contributed by atoms with Crippen molar-refractivity contribution in [3.63, 3.8) is 0 Å². The van der Waals surface area contributed by atoms with Crippen LogP contribution in [0.2, 0.25) is 0 Å². The minimum Gasteiger partial charge on any atom is -0.463 e. The van der Waals surface area contributed by atoms with Crippen LogP contribution in [-0.2, 0) is 11.3 Å². The van der Waals surface area contributed by atoms with Gasteiger partial charge in [-0.15, -0.1) is 0 Å². The number of nitrogens with zero attached hydrogens (tertiary/aromatic N) is 3. The minimum atomic E-state index is -0.520. The number of aromatic nitrogens is 3. The molecule has 2 aromatic heterocycles. The van der Waals surface area contributed by atoms with E-state index in [1.165, 1.54) is 19.2 Å². The molecule has 106 valence electrons. The van der Waals surface area contributed by atoms with Gasteiger partial charge in [0.25, 0.3) is 0 Å². The molecule has 0 atom stereocenters. The van der Waals surface area contributed by atoms with E-state index in [9.17, 15) is 9.18 Å². The van der Waals surface area contributed by atoms with Gasteiger partial charge in [0.15, 0.2) is 0 Å². The Morgan fingerprint density at radius 3 is 2.76 bits per heavy atom. The number of imidazole rings is 1. The summed E-state index contributed by atoms with van der Waals surface area (Å²) in [5.41, 5.74) is 2.24. The molecule has 0 saturated carbocycles. The first-order valence-corrected chi connectivity index (χ1v) is 6.32.